The van der Waals surface area contributed by atoms with Gasteiger partial charge in [0.1, 0.15) is 0 Å². The van der Waals surface area contributed by atoms with Crippen LogP contribution in [0.2, 0.25) is 0 Å². The standard InChI is InChI=1S/C10H8ClF3O3S/c1-18(16,17)8-3-6(9(15)5-11)2-7(4-8)10(12,13)14/h2-4H,5H2,1H3. The molecule has 0 saturated heterocycles. The summed E-state index contributed by atoms with van der Waals surface area (Å²) < 4.78 is 60.2. The summed E-state index contributed by atoms with van der Waals surface area (Å²) in [4.78, 5) is 10.7. The minimum absolute atomic E-state index is 0.375. The number of ketones is 1. The summed E-state index contributed by atoms with van der Waals surface area (Å²) in [7, 11) is -3.85. The lowest BCUT2D eigenvalue weighted by molar-refractivity contribution is -0.137. The average molecular weight is 301 g/mol. The van der Waals surface area contributed by atoms with Gasteiger partial charge in [0.2, 0.25) is 0 Å². The van der Waals surface area contributed by atoms with E-state index in [9.17, 15) is 26.4 Å². The van der Waals surface area contributed by atoms with E-state index in [1.807, 2.05) is 0 Å². The molecule has 0 N–H and O–H groups in total. The number of halogens is 4. The first-order chi connectivity index (χ1) is 8.05. The first-order valence-electron chi connectivity index (χ1n) is 4.57. The second-order valence-corrected chi connectivity index (χ2v) is 5.86. The van der Waals surface area contributed by atoms with E-state index in [1.54, 1.807) is 0 Å². The van der Waals surface area contributed by atoms with Gasteiger partial charge in [-0.05, 0) is 18.2 Å². The quantitative estimate of drug-likeness (QED) is 0.637. The Morgan fingerprint density at radius 1 is 1.28 bits per heavy atom. The third kappa shape index (κ3) is 3.46. The van der Waals surface area contributed by atoms with Gasteiger partial charge >= 0.3 is 6.18 Å². The van der Waals surface area contributed by atoms with Gasteiger partial charge in [0.05, 0.1) is 16.3 Å². The van der Waals surface area contributed by atoms with Crippen LogP contribution in [-0.4, -0.2) is 26.3 Å². The van der Waals surface area contributed by atoms with Gasteiger partial charge in [0, 0.05) is 11.8 Å². The summed E-state index contributed by atoms with van der Waals surface area (Å²) in [5.74, 6) is -1.29. The van der Waals surface area contributed by atoms with Crippen molar-refractivity contribution in [3.05, 3.63) is 29.3 Å². The lowest BCUT2D eigenvalue weighted by Crippen LogP contribution is -2.11. The molecule has 0 unspecified atom stereocenters. The Labute approximate surface area is 106 Å². The number of hydrogen-bond donors (Lipinski definition) is 0. The molecule has 0 aromatic heterocycles. The molecule has 0 aliphatic carbocycles. The maximum atomic E-state index is 12.6. The van der Waals surface area contributed by atoms with Crippen LogP contribution in [0.5, 0.6) is 0 Å². The molecule has 1 aromatic rings. The van der Waals surface area contributed by atoms with Crippen LogP contribution in [0, 0.1) is 0 Å². The molecular formula is C10H8ClF3O3S. The normalized spacial score (nSPS) is 12.5. The Balaban J connectivity index is 3.54. The molecule has 0 aliphatic heterocycles. The van der Waals surface area contributed by atoms with Crippen LogP contribution >= 0.6 is 11.6 Å². The third-order valence-corrected chi connectivity index (χ3v) is 3.44. The molecule has 0 bridgehead atoms. The summed E-state index contributed by atoms with van der Waals surface area (Å²) in [6, 6.07) is 1.95. The number of hydrogen-bond acceptors (Lipinski definition) is 3. The van der Waals surface area contributed by atoms with Crippen molar-refractivity contribution >= 4 is 27.2 Å². The molecule has 0 fully saturated rings. The molecule has 1 rings (SSSR count). The molecule has 0 atom stereocenters. The van der Waals surface area contributed by atoms with Gasteiger partial charge in [0.25, 0.3) is 0 Å². The molecule has 0 amide bonds. The van der Waals surface area contributed by atoms with E-state index in [4.69, 9.17) is 11.6 Å². The van der Waals surface area contributed by atoms with Gasteiger partial charge in [-0.1, -0.05) is 0 Å². The van der Waals surface area contributed by atoms with E-state index >= 15 is 0 Å². The maximum Gasteiger partial charge on any atom is 0.416 e. The zero-order valence-electron chi connectivity index (χ0n) is 9.08. The lowest BCUT2D eigenvalue weighted by atomic mass is 10.1. The van der Waals surface area contributed by atoms with Crippen molar-refractivity contribution in [3.63, 3.8) is 0 Å². The monoisotopic (exact) mass is 300 g/mol. The molecule has 0 radical (unpaired) electrons. The fraction of sp³-hybridized carbons (Fsp3) is 0.300. The fourth-order valence-electron chi connectivity index (χ4n) is 1.21. The van der Waals surface area contributed by atoms with Gasteiger partial charge < -0.3 is 0 Å². The van der Waals surface area contributed by atoms with Crippen LogP contribution < -0.4 is 0 Å². The van der Waals surface area contributed by atoms with Gasteiger partial charge in [-0.15, -0.1) is 11.6 Å². The molecular weight excluding hydrogens is 293 g/mol. The zero-order valence-corrected chi connectivity index (χ0v) is 10.7. The lowest BCUT2D eigenvalue weighted by Gasteiger charge is -2.10. The summed E-state index contributed by atoms with van der Waals surface area (Å²) in [6.07, 6.45) is -3.97. The number of carbonyl (C=O) groups is 1. The van der Waals surface area contributed by atoms with Crippen LogP contribution in [0.4, 0.5) is 13.2 Å². The average Bonchev–Trinajstić information content (AvgIpc) is 2.25. The Morgan fingerprint density at radius 2 is 1.83 bits per heavy atom. The Kier molecular flexibility index (Phi) is 4.07. The van der Waals surface area contributed by atoms with Crippen molar-refractivity contribution < 1.29 is 26.4 Å². The van der Waals surface area contributed by atoms with Gasteiger partial charge in [-0.2, -0.15) is 13.2 Å². The van der Waals surface area contributed by atoms with Gasteiger partial charge in [-0.25, -0.2) is 8.42 Å². The molecule has 0 heterocycles. The second-order valence-electron chi connectivity index (χ2n) is 3.57. The topological polar surface area (TPSA) is 51.2 Å². The predicted molar refractivity (Wildman–Crippen MR) is 59.6 cm³/mol. The van der Waals surface area contributed by atoms with Gasteiger partial charge in [0.15, 0.2) is 15.6 Å². The highest BCUT2D eigenvalue weighted by Gasteiger charge is 2.32. The molecule has 3 nitrogen and oxygen atoms in total. The van der Waals surface area contributed by atoms with Crippen molar-refractivity contribution in [2.45, 2.75) is 11.1 Å². The van der Waals surface area contributed by atoms with E-state index < -0.39 is 38.1 Å². The highest BCUT2D eigenvalue weighted by atomic mass is 35.5. The smallest absolute Gasteiger partial charge is 0.293 e. The zero-order chi connectivity index (χ0) is 14.1. The maximum absolute atomic E-state index is 12.6. The first-order valence-corrected chi connectivity index (χ1v) is 7.00. The molecule has 0 spiro atoms. The van der Waals surface area contributed by atoms with Crippen LogP contribution in [0.3, 0.4) is 0 Å². The molecule has 0 aliphatic rings. The minimum atomic E-state index is -4.73. The Hall–Kier alpha value is -1.08. The number of benzene rings is 1. The van der Waals surface area contributed by atoms with Crippen molar-refractivity contribution in [2.75, 3.05) is 12.1 Å². The SMILES string of the molecule is CS(=O)(=O)c1cc(C(=O)CCl)cc(C(F)(F)F)c1. The number of Topliss-reactive ketones (excluding diaryl/α,β-unsaturated/α-hetero) is 1. The number of carbonyl (C=O) groups excluding carboxylic acids is 1. The Morgan fingerprint density at radius 3 is 2.22 bits per heavy atom. The largest absolute Gasteiger partial charge is 0.416 e. The van der Waals surface area contributed by atoms with Gasteiger partial charge in [-0.3, -0.25) is 4.79 Å². The Bertz CT molecular complexity index is 579. The van der Waals surface area contributed by atoms with E-state index in [0.717, 1.165) is 12.3 Å². The van der Waals surface area contributed by atoms with Crippen LogP contribution in [0.15, 0.2) is 23.1 Å². The molecule has 18 heavy (non-hydrogen) atoms. The van der Waals surface area contributed by atoms with E-state index in [1.165, 1.54) is 0 Å². The molecule has 100 valence electrons. The number of alkyl halides is 4. The van der Waals surface area contributed by atoms with Crippen molar-refractivity contribution in [3.8, 4) is 0 Å². The molecule has 8 heteroatoms. The number of sulfone groups is 1. The van der Waals surface area contributed by atoms with E-state index in [0.29, 0.717) is 12.1 Å². The second kappa shape index (κ2) is 4.89. The summed E-state index contributed by atoms with van der Waals surface area (Å²) in [5, 5.41) is 0. The highest BCUT2D eigenvalue weighted by molar-refractivity contribution is 7.90. The van der Waals surface area contributed by atoms with Crippen LogP contribution in [-0.2, 0) is 16.0 Å². The number of rotatable bonds is 3. The van der Waals surface area contributed by atoms with Crippen molar-refractivity contribution in [2.24, 2.45) is 0 Å². The first kappa shape index (κ1) is 15.0. The highest BCUT2D eigenvalue weighted by Crippen LogP contribution is 2.31. The minimum Gasteiger partial charge on any atom is -0.293 e. The summed E-state index contributed by atoms with van der Waals surface area (Å²) in [6.45, 7) is 0. The summed E-state index contributed by atoms with van der Waals surface area (Å²) >= 11 is 5.24. The predicted octanol–water partition coefficient (Wildman–Crippen LogP) is 2.53. The van der Waals surface area contributed by atoms with Crippen LogP contribution in [0.25, 0.3) is 0 Å². The van der Waals surface area contributed by atoms with Crippen LogP contribution in [0.1, 0.15) is 15.9 Å². The van der Waals surface area contributed by atoms with Crippen molar-refractivity contribution in [1.82, 2.24) is 0 Å². The summed E-state index contributed by atoms with van der Waals surface area (Å²) in [5.41, 5.74) is -1.57. The molecule has 0 saturated carbocycles. The van der Waals surface area contributed by atoms with E-state index in [2.05, 4.69) is 0 Å². The third-order valence-electron chi connectivity index (χ3n) is 2.11. The molecule has 1 aromatic carbocycles. The van der Waals surface area contributed by atoms with E-state index in [-0.39, 0.29) is 5.56 Å². The van der Waals surface area contributed by atoms with Crippen molar-refractivity contribution in [1.29, 1.82) is 0 Å². The fourth-order valence-corrected chi connectivity index (χ4v) is 2.05.